The molecule has 0 aliphatic carbocycles. The Hall–Kier alpha value is -2.99. The van der Waals surface area contributed by atoms with E-state index < -0.39 is 5.97 Å². The maximum Gasteiger partial charge on any atom is 0.309 e. The van der Waals surface area contributed by atoms with Crippen LogP contribution in [0.25, 0.3) is 11.1 Å². The summed E-state index contributed by atoms with van der Waals surface area (Å²) in [5.74, 6) is -0.633. The van der Waals surface area contributed by atoms with E-state index in [0.29, 0.717) is 11.4 Å². The van der Waals surface area contributed by atoms with E-state index in [1.165, 1.54) is 0 Å². The molecule has 0 aliphatic heterocycles. The molecule has 1 heterocycles. The van der Waals surface area contributed by atoms with Gasteiger partial charge in [-0.05, 0) is 11.6 Å². The van der Waals surface area contributed by atoms with Gasteiger partial charge in [-0.1, -0.05) is 48.5 Å². The van der Waals surface area contributed by atoms with Crippen molar-refractivity contribution in [2.45, 2.75) is 6.42 Å². The SMILES string of the molecule is O=C(O)Cc1csc(C(=O)COc2ccccc2-c2ccccc2)n1. The highest BCUT2D eigenvalue weighted by Gasteiger charge is 2.14. The van der Waals surface area contributed by atoms with E-state index in [-0.39, 0.29) is 23.8 Å². The molecule has 1 aromatic heterocycles. The van der Waals surface area contributed by atoms with Gasteiger partial charge in [0, 0.05) is 10.9 Å². The van der Waals surface area contributed by atoms with Gasteiger partial charge in [0.15, 0.2) is 11.6 Å². The third-order valence-corrected chi connectivity index (χ3v) is 4.39. The molecule has 25 heavy (non-hydrogen) atoms. The molecular weight excluding hydrogens is 338 g/mol. The number of ketones is 1. The van der Waals surface area contributed by atoms with E-state index in [9.17, 15) is 9.59 Å². The van der Waals surface area contributed by atoms with Gasteiger partial charge in [0.25, 0.3) is 0 Å². The molecule has 2 aromatic carbocycles. The van der Waals surface area contributed by atoms with Crippen LogP contribution in [0, 0.1) is 0 Å². The Morgan fingerprint density at radius 1 is 1.04 bits per heavy atom. The zero-order valence-electron chi connectivity index (χ0n) is 13.2. The van der Waals surface area contributed by atoms with Gasteiger partial charge in [-0.3, -0.25) is 9.59 Å². The van der Waals surface area contributed by atoms with Crippen molar-refractivity contribution in [3.05, 3.63) is 70.7 Å². The number of nitrogens with zero attached hydrogens (tertiary/aromatic N) is 1. The molecule has 0 spiro atoms. The minimum absolute atomic E-state index is 0.149. The van der Waals surface area contributed by atoms with Crippen LogP contribution < -0.4 is 4.74 Å². The largest absolute Gasteiger partial charge is 0.485 e. The van der Waals surface area contributed by atoms with Crippen molar-refractivity contribution >= 4 is 23.1 Å². The Bertz CT molecular complexity index is 889. The smallest absolute Gasteiger partial charge is 0.309 e. The second-order valence-electron chi connectivity index (χ2n) is 5.29. The summed E-state index contributed by atoms with van der Waals surface area (Å²) in [5.41, 5.74) is 2.29. The maximum absolute atomic E-state index is 12.2. The Morgan fingerprint density at radius 3 is 2.52 bits per heavy atom. The summed E-state index contributed by atoms with van der Waals surface area (Å²) < 4.78 is 5.70. The molecular formula is C19H15NO4S. The van der Waals surface area contributed by atoms with Gasteiger partial charge in [0.05, 0.1) is 12.1 Å². The number of carboxylic acids is 1. The summed E-state index contributed by atoms with van der Waals surface area (Å²) in [6, 6.07) is 17.3. The third-order valence-electron chi connectivity index (χ3n) is 3.45. The lowest BCUT2D eigenvalue weighted by Gasteiger charge is -2.10. The minimum Gasteiger partial charge on any atom is -0.485 e. The van der Waals surface area contributed by atoms with Crippen molar-refractivity contribution in [2.24, 2.45) is 0 Å². The molecule has 0 saturated heterocycles. The normalized spacial score (nSPS) is 10.4. The molecule has 3 rings (SSSR count). The lowest BCUT2D eigenvalue weighted by atomic mass is 10.1. The molecule has 0 fully saturated rings. The van der Waals surface area contributed by atoms with Crippen molar-refractivity contribution < 1.29 is 19.4 Å². The number of thiazole rings is 1. The van der Waals surface area contributed by atoms with Crippen LogP contribution in [0.2, 0.25) is 0 Å². The Morgan fingerprint density at radius 2 is 1.76 bits per heavy atom. The summed E-state index contributed by atoms with van der Waals surface area (Å²) in [4.78, 5) is 27.0. The molecule has 0 bridgehead atoms. The summed E-state index contributed by atoms with van der Waals surface area (Å²) in [6.07, 6.45) is -0.193. The lowest BCUT2D eigenvalue weighted by molar-refractivity contribution is -0.136. The van der Waals surface area contributed by atoms with Crippen LogP contribution >= 0.6 is 11.3 Å². The molecule has 0 unspecified atom stereocenters. The second kappa shape index (κ2) is 7.72. The van der Waals surface area contributed by atoms with Gasteiger partial charge in [0.2, 0.25) is 5.78 Å². The van der Waals surface area contributed by atoms with Crippen molar-refractivity contribution in [1.29, 1.82) is 0 Å². The maximum atomic E-state index is 12.2. The standard InChI is InChI=1S/C19H15NO4S/c21-16(19-20-14(12-25-19)10-18(22)23)11-24-17-9-5-4-8-15(17)13-6-2-1-3-7-13/h1-9,12H,10-11H2,(H,22,23). The van der Waals surface area contributed by atoms with Crippen LogP contribution in [0.1, 0.15) is 15.5 Å². The number of carbonyl (C=O) groups excluding carboxylic acids is 1. The van der Waals surface area contributed by atoms with Crippen molar-refractivity contribution in [1.82, 2.24) is 4.98 Å². The molecule has 6 heteroatoms. The fourth-order valence-electron chi connectivity index (χ4n) is 2.32. The second-order valence-corrected chi connectivity index (χ2v) is 6.15. The first-order chi connectivity index (χ1) is 12.1. The number of carbonyl (C=O) groups is 2. The molecule has 3 aromatic rings. The molecule has 5 nitrogen and oxygen atoms in total. The third kappa shape index (κ3) is 4.30. The molecule has 0 aliphatic rings. The number of benzene rings is 2. The minimum atomic E-state index is -0.975. The first-order valence-electron chi connectivity index (χ1n) is 7.60. The van der Waals surface area contributed by atoms with Crippen LogP contribution in [0.4, 0.5) is 0 Å². The number of aliphatic carboxylic acids is 1. The average Bonchev–Trinajstić information content (AvgIpc) is 3.08. The van der Waals surface area contributed by atoms with Crippen LogP contribution in [0.3, 0.4) is 0 Å². The van der Waals surface area contributed by atoms with Crippen molar-refractivity contribution in [3.63, 3.8) is 0 Å². The van der Waals surface area contributed by atoms with E-state index >= 15 is 0 Å². The number of rotatable bonds is 7. The van der Waals surface area contributed by atoms with E-state index in [0.717, 1.165) is 22.5 Å². The first kappa shape index (κ1) is 16.9. The zero-order valence-corrected chi connectivity index (χ0v) is 14.0. The van der Waals surface area contributed by atoms with E-state index in [1.54, 1.807) is 5.38 Å². The summed E-state index contributed by atoms with van der Waals surface area (Å²) in [6.45, 7) is -0.149. The summed E-state index contributed by atoms with van der Waals surface area (Å²) in [7, 11) is 0. The summed E-state index contributed by atoms with van der Waals surface area (Å²) in [5, 5.41) is 10.6. The Labute approximate surface area is 148 Å². The number of ether oxygens (including phenoxy) is 1. The molecule has 1 N–H and O–H groups in total. The number of carboxylic acid groups (broad SMARTS) is 1. The van der Waals surface area contributed by atoms with Gasteiger partial charge in [-0.15, -0.1) is 11.3 Å². The van der Waals surface area contributed by atoms with Gasteiger partial charge in [-0.25, -0.2) is 4.98 Å². The van der Waals surface area contributed by atoms with E-state index in [1.807, 2.05) is 54.6 Å². The predicted molar refractivity (Wildman–Crippen MR) is 95.2 cm³/mol. The predicted octanol–water partition coefficient (Wildman–Crippen LogP) is 3.70. The highest BCUT2D eigenvalue weighted by Crippen LogP contribution is 2.29. The quantitative estimate of drug-likeness (QED) is 0.656. The van der Waals surface area contributed by atoms with Crippen LogP contribution in [-0.2, 0) is 11.2 Å². The molecule has 0 amide bonds. The summed E-state index contributed by atoms with van der Waals surface area (Å²) >= 11 is 1.13. The molecule has 0 radical (unpaired) electrons. The van der Waals surface area contributed by atoms with Gasteiger partial charge in [0.1, 0.15) is 5.75 Å². The fraction of sp³-hybridized carbons (Fsp3) is 0.105. The molecule has 0 saturated carbocycles. The van der Waals surface area contributed by atoms with Gasteiger partial charge < -0.3 is 9.84 Å². The number of Topliss-reactive ketones (excluding diaryl/α,β-unsaturated/α-hetero) is 1. The van der Waals surface area contributed by atoms with E-state index in [4.69, 9.17) is 9.84 Å². The number of hydrogen-bond donors (Lipinski definition) is 1. The topological polar surface area (TPSA) is 76.5 Å². The van der Waals surface area contributed by atoms with Crippen LogP contribution in [-0.4, -0.2) is 28.4 Å². The first-order valence-corrected chi connectivity index (χ1v) is 8.48. The average molecular weight is 353 g/mol. The Kier molecular flexibility index (Phi) is 5.20. The molecule has 126 valence electrons. The highest BCUT2D eigenvalue weighted by molar-refractivity contribution is 7.11. The number of hydrogen-bond acceptors (Lipinski definition) is 5. The monoisotopic (exact) mass is 353 g/mol. The van der Waals surface area contributed by atoms with Crippen molar-refractivity contribution in [3.8, 4) is 16.9 Å². The van der Waals surface area contributed by atoms with Crippen LogP contribution in [0.5, 0.6) is 5.75 Å². The van der Waals surface area contributed by atoms with E-state index in [2.05, 4.69) is 4.98 Å². The Balaban J connectivity index is 1.71. The highest BCUT2D eigenvalue weighted by atomic mass is 32.1. The fourth-order valence-corrected chi connectivity index (χ4v) is 3.07. The van der Waals surface area contributed by atoms with Gasteiger partial charge in [-0.2, -0.15) is 0 Å². The number of para-hydroxylation sites is 1. The lowest BCUT2D eigenvalue weighted by Crippen LogP contribution is -2.12. The number of aromatic nitrogens is 1. The van der Waals surface area contributed by atoms with Crippen LogP contribution in [0.15, 0.2) is 60.0 Å². The zero-order chi connectivity index (χ0) is 17.6. The molecule has 0 atom stereocenters. The van der Waals surface area contributed by atoms with Gasteiger partial charge >= 0.3 is 5.97 Å². The van der Waals surface area contributed by atoms with Crippen molar-refractivity contribution in [2.75, 3.05) is 6.61 Å².